The number of halogens is 1. The van der Waals surface area contributed by atoms with Crippen molar-refractivity contribution in [3.8, 4) is 11.1 Å². The maximum absolute atomic E-state index is 13.3. The average Bonchev–Trinajstić information content (AvgIpc) is 2.97. The van der Waals surface area contributed by atoms with Crippen LogP contribution in [0.2, 0.25) is 0 Å². The van der Waals surface area contributed by atoms with E-state index < -0.39 is 11.7 Å². The Morgan fingerprint density at radius 1 is 1.19 bits per heavy atom. The minimum atomic E-state index is -0.593. The zero-order chi connectivity index (χ0) is 19.0. The lowest BCUT2D eigenvalue weighted by molar-refractivity contribution is 0.102. The molecule has 0 bridgehead atoms. The van der Waals surface area contributed by atoms with Crippen molar-refractivity contribution in [1.29, 1.82) is 0 Å². The molecule has 4 aromatic heterocycles. The summed E-state index contributed by atoms with van der Waals surface area (Å²) in [6.07, 6.45) is 6.72. The van der Waals surface area contributed by atoms with E-state index in [2.05, 4.69) is 30.6 Å². The smallest absolute Gasteiger partial charge is 0.263 e. The number of nitrogens with one attached hydrogen (secondary N) is 1. The van der Waals surface area contributed by atoms with E-state index in [1.165, 1.54) is 12.4 Å². The highest BCUT2D eigenvalue weighted by atomic mass is 19.1. The topological polar surface area (TPSA) is 124 Å². The third-order valence-electron chi connectivity index (χ3n) is 3.97. The number of amides is 1. The number of carbonyl (C=O) groups is 1. The molecule has 0 spiro atoms. The molecule has 0 fully saturated rings. The number of aryl methyl sites for hydroxylation is 1. The molecule has 27 heavy (non-hydrogen) atoms. The summed E-state index contributed by atoms with van der Waals surface area (Å²) in [5.41, 5.74) is 8.67. The van der Waals surface area contributed by atoms with Gasteiger partial charge in [-0.15, -0.1) is 5.10 Å². The van der Waals surface area contributed by atoms with Gasteiger partial charge in [0.15, 0.2) is 17.3 Å². The predicted molar refractivity (Wildman–Crippen MR) is 95.3 cm³/mol. The quantitative estimate of drug-likeness (QED) is 0.568. The molecular formula is C17H13FN8O. The largest absolute Gasteiger partial charge is 0.381 e. The van der Waals surface area contributed by atoms with Crippen LogP contribution in [0, 0.1) is 12.7 Å². The average molecular weight is 364 g/mol. The maximum atomic E-state index is 13.3. The molecule has 0 aliphatic heterocycles. The molecule has 4 rings (SSSR count). The zero-order valence-electron chi connectivity index (χ0n) is 14.1. The van der Waals surface area contributed by atoms with Crippen LogP contribution < -0.4 is 11.1 Å². The Balaban J connectivity index is 1.75. The minimum Gasteiger partial charge on any atom is -0.381 e. The highest BCUT2D eigenvalue weighted by Crippen LogP contribution is 2.29. The summed E-state index contributed by atoms with van der Waals surface area (Å²) >= 11 is 0. The standard InChI is InChI=1S/C17H13FN8O/c1-9-11(3-2-4-20-9)12-6-22-23-7-13(12)24-17(27)14-15(19)25-26-8-10(18)5-21-16(14)26/h2-8H,1H3,(H2,19,25)(H,22,24,27). The molecule has 134 valence electrons. The van der Waals surface area contributed by atoms with Crippen LogP contribution in [-0.4, -0.2) is 35.7 Å². The number of nitrogen functional groups attached to an aromatic ring is 1. The summed E-state index contributed by atoms with van der Waals surface area (Å²) in [7, 11) is 0. The Labute approximate surface area is 152 Å². The third kappa shape index (κ3) is 2.92. The maximum Gasteiger partial charge on any atom is 0.263 e. The van der Waals surface area contributed by atoms with Gasteiger partial charge < -0.3 is 11.1 Å². The van der Waals surface area contributed by atoms with Crippen molar-refractivity contribution in [2.75, 3.05) is 11.1 Å². The number of nitrogens with two attached hydrogens (primary N) is 1. The van der Waals surface area contributed by atoms with Crippen molar-refractivity contribution in [2.45, 2.75) is 6.92 Å². The molecule has 0 radical (unpaired) electrons. The van der Waals surface area contributed by atoms with Crippen LogP contribution in [-0.2, 0) is 0 Å². The molecule has 0 saturated carbocycles. The number of aromatic nitrogens is 6. The molecule has 4 aromatic rings. The molecule has 0 saturated heterocycles. The predicted octanol–water partition coefficient (Wildman–Crippen LogP) is 1.86. The number of fused-ring (bicyclic) bond motifs is 1. The Morgan fingerprint density at radius 3 is 2.81 bits per heavy atom. The number of carbonyl (C=O) groups excluding carboxylic acids is 1. The van der Waals surface area contributed by atoms with Crippen molar-refractivity contribution < 1.29 is 9.18 Å². The molecule has 0 aliphatic carbocycles. The summed E-state index contributed by atoms with van der Waals surface area (Å²) < 4.78 is 14.4. The van der Waals surface area contributed by atoms with E-state index in [9.17, 15) is 9.18 Å². The first kappa shape index (κ1) is 16.5. The summed E-state index contributed by atoms with van der Waals surface area (Å²) in [5, 5.41) is 14.4. The second kappa shape index (κ2) is 6.41. The first-order valence-corrected chi connectivity index (χ1v) is 7.88. The second-order valence-electron chi connectivity index (χ2n) is 5.71. The fourth-order valence-corrected chi connectivity index (χ4v) is 2.74. The highest BCUT2D eigenvalue weighted by molar-refractivity contribution is 6.12. The van der Waals surface area contributed by atoms with Crippen molar-refractivity contribution >= 4 is 23.1 Å². The van der Waals surface area contributed by atoms with Crippen LogP contribution in [0.3, 0.4) is 0 Å². The molecule has 9 nitrogen and oxygen atoms in total. The fourth-order valence-electron chi connectivity index (χ4n) is 2.74. The van der Waals surface area contributed by atoms with Gasteiger partial charge in [-0.05, 0) is 13.0 Å². The van der Waals surface area contributed by atoms with E-state index in [1.807, 2.05) is 13.0 Å². The first-order chi connectivity index (χ1) is 13.0. The molecule has 10 heteroatoms. The van der Waals surface area contributed by atoms with Crippen LogP contribution in [0.4, 0.5) is 15.9 Å². The first-order valence-electron chi connectivity index (χ1n) is 7.88. The van der Waals surface area contributed by atoms with Gasteiger partial charge in [-0.1, -0.05) is 6.07 Å². The van der Waals surface area contributed by atoms with Crippen LogP contribution >= 0.6 is 0 Å². The number of anilines is 2. The second-order valence-corrected chi connectivity index (χ2v) is 5.71. The van der Waals surface area contributed by atoms with E-state index in [-0.39, 0.29) is 17.0 Å². The lowest BCUT2D eigenvalue weighted by atomic mass is 10.1. The van der Waals surface area contributed by atoms with E-state index in [0.29, 0.717) is 11.3 Å². The summed E-state index contributed by atoms with van der Waals surface area (Å²) in [6, 6.07) is 3.65. The van der Waals surface area contributed by atoms with Gasteiger partial charge in [-0.2, -0.15) is 10.2 Å². The van der Waals surface area contributed by atoms with E-state index >= 15 is 0 Å². The van der Waals surface area contributed by atoms with Gasteiger partial charge in [-0.25, -0.2) is 13.9 Å². The van der Waals surface area contributed by atoms with Gasteiger partial charge in [0, 0.05) is 23.0 Å². The van der Waals surface area contributed by atoms with Crippen LogP contribution in [0.25, 0.3) is 16.8 Å². The van der Waals surface area contributed by atoms with E-state index in [4.69, 9.17) is 5.73 Å². The lowest BCUT2D eigenvalue weighted by Gasteiger charge is -2.11. The van der Waals surface area contributed by atoms with Crippen molar-refractivity contribution in [3.63, 3.8) is 0 Å². The summed E-state index contributed by atoms with van der Waals surface area (Å²) in [6.45, 7) is 1.85. The molecule has 0 aliphatic rings. The number of hydrogen-bond donors (Lipinski definition) is 2. The van der Waals surface area contributed by atoms with Crippen molar-refractivity contribution in [2.24, 2.45) is 0 Å². The number of rotatable bonds is 3. The van der Waals surface area contributed by atoms with Gasteiger partial charge in [0.05, 0.1) is 30.5 Å². The van der Waals surface area contributed by atoms with Crippen LogP contribution in [0.1, 0.15) is 16.1 Å². The van der Waals surface area contributed by atoms with Gasteiger partial charge >= 0.3 is 0 Å². The molecule has 3 N–H and O–H groups in total. The Morgan fingerprint density at radius 2 is 2.00 bits per heavy atom. The van der Waals surface area contributed by atoms with Gasteiger partial charge in [0.2, 0.25) is 0 Å². The number of hydrogen-bond acceptors (Lipinski definition) is 7. The molecular weight excluding hydrogens is 351 g/mol. The van der Waals surface area contributed by atoms with E-state index in [0.717, 1.165) is 28.2 Å². The molecule has 1 amide bonds. The van der Waals surface area contributed by atoms with E-state index in [1.54, 1.807) is 12.3 Å². The highest BCUT2D eigenvalue weighted by Gasteiger charge is 2.21. The minimum absolute atomic E-state index is 0.0423. The molecule has 4 heterocycles. The van der Waals surface area contributed by atoms with Gasteiger partial charge in [0.25, 0.3) is 5.91 Å². The van der Waals surface area contributed by atoms with Gasteiger partial charge in [-0.3, -0.25) is 9.78 Å². The fraction of sp³-hybridized carbons (Fsp3) is 0.0588. The van der Waals surface area contributed by atoms with Gasteiger partial charge in [0.1, 0.15) is 5.56 Å². The third-order valence-corrected chi connectivity index (χ3v) is 3.97. The SMILES string of the molecule is Cc1ncccc1-c1cnncc1NC(=O)c1c(N)nn2cc(F)cnc12. The monoisotopic (exact) mass is 364 g/mol. The Kier molecular flexibility index (Phi) is 3.92. The lowest BCUT2D eigenvalue weighted by Crippen LogP contribution is -2.15. The van der Waals surface area contributed by atoms with Crippen LogP contribution in [0.5, 0.6) is 0 Å². The Bertz CT molecular complexity index is 1170. The summed E-state index contributed by atoms with van der Waals surface area (Å²) in [4.78, 5) is 21.0. The van der Waals surface area contributed by atoms with Crippen LogP contribution in [0.15, 0.2) is 43.1 Å². The molecule has 0 aromatic carbocycles. The number of nitrogens with zero attached hydrogens (tertiary/aromatic N) is 6. The van der Waals surface area contributed by atoms with Crippen molar-refractivity contribution in [1.82, 2.24) is 29.8 Å². The zero-order valence-corrected chi connectivity index (χ0v) is 14.1. The molecule has 0 unspecified atom stereocenters. The van der Waals surface area contributed by atoms with Crippen molar-refractivity contribution in [3.05, 3.63) is 60.2 Å². The summed E-state index contributed by atoms with van der Waals surface area (Å²) in [5.74, 6) is -1.20. The normalized spacial score (nSPS) is 10.9. The molecule has 0 atom stereocenters. The Hall–Kier alpha value is -3.95. The number of pyridine rings is 1.